The van der Waals surface area contributed by atoms with E-state index in [1.807, 2.05) is 6.07 Å². The number of hydrogen-bond donors (Lipinski definition) is 1. The predicted molar refractivity (Wildman–Crippen MR) is 98.2 cm³/mol. The van der Waals surface area contributed by atoms with Crippen LogP contribution in [0.25, 0.3) is 11.4 Å². The van der Waals surface area contributed by atoms with Gasteiger partial charge in [0.2, 0.25) is 11.7 Å². The van der Waals surface area contributed by atoms with Crippen LogP contribution in [0.4, 0.5) is 0 Å². The molecule has 0 atom stereocenters. The summed E-state index contributed by atoms with van der Waals surface area (Å²) in [5, 5.41) is 6.69. The fourth-order valence-electron chi connectivity index (χ4n) is 2.32. The molecule has 0 aliphatic carbocycles. The topological polar surface area (TPSA) is 86.5 Å². The second kappa shape index (κ2) is 8.01. The Kier molecular flexibility index (Phi) is 5.52. The van der Waals surface area contributed by atoms with Crippen molar-refractivity contribution in [2.75, 3.05) is 14.2 Å². The van der Waals surface area contributed by atoms with Crippen LogP contribution in [0.5, 0.6) is 11.5 Å². The zero-order valence-electron chi connectivity index (χ0n) is 14.2. The number of benzene rings is 2. The highest BCUT2D eigenvalue weighted by molar-refractivity contribution is 9.10. The zero-order valence-corrected chi connectivity index (χ0v) is 15.7. The molecule has 3 aromatic rings. The van der Waals surface area contributed by atoms with Gasteiger partial charge in [-0.2, -0.15) is 4.98 Å². The number of amides is 1. The van der Waals surface area contributed by atoms with Gasteiger partial charge in [0, 0.05) is 10.0 Å². The molecule has 0 unspecified atom stereocenters. The molecule has 1 heterocycles. The van der Waals surface area contributed by atoms with E-state index in [2.05, 4.69) is 31.4 Å². The van der Waals surface area contributed by atoms with Crippen LogP contribution in [-0.2, 0) is 6.54 Å². The van der Waals surface area contributed by atoms with Crippen molar-refractivity contribution in [2.45, 2.75) is 6.54 Å². The number of hydrogen-bond acceptors (Lipinski definition) is 6. The molecule has 1 N–H and O–H groups in total. The van der Waals surface area contributed by atoms with Gasteiger partial charge >= 0.3 is 0 Å². The van der Waals surface area contributed by atoms with Crippen molar-refractivity contribution in [3.05, 3.63) is 58.4 Å². The monoisotopic (exact) mass is 417 g/mol. The molecule has 0 saturated heterocycles. The first-order valence-electron chi connectivity index (χ1n) is 7.70. The number of carbonyl (C=O) groups is 1. The first-order valence-corrected chi connectivity index (χ1v) is 8.49. The van der Waals surface area contributed by atoms with E-state index < -0.39 is 0 Å². The molecule has 26 heavy (non-hydrogen) atoms. The molecule has 2 aromatic carbocycles. The number of ether oxygens (including phenoxy) is 2. The quantitative estimate of drug-likeness (QED) is 0.660. The largest absolute Gasteiger partial charge is 0.493 e. The lowest BCUT2D eigenvalue weighted by molar-refractivity contribution is 0.0945. The second-order valence-corrected chi connectivity index (χ2v) is 6.10. The van der Waals surface area contributed by atoms with Crippen LogP contribution in [0.1, 0.15) is 16.2 Å². The maximum absolute atomic E-state index is 12.2. The number of rotatable bonds is 6. The normalized spacial score (nSPS) is 10.4. The van der Waals surface area contributed by atoms with Crippen LogP contribution in [-0.4, -0.2) is 30.3 Å². The summed E-state index contributed by atoms with van der Waals surface area (Å²) >= 11 is 3.35. The molecule has 0 aliphatic rings. The molecule has 0 saturated carbocycles. The summed E-state index contributed by atoms with van der Waals surface area (Å²) in [5.74, 6) is 1.65. The van der Waals surface area contributed by atoms with E-state index in [0.717, 1.165) is 5.56 Å². The van der Waals surface area contributed by atoms with Gasteiger partial charge in [0.15, 0.2) is 11.5 Å². The molecule has 0 aliphatic heterocycles. The van der Waals surface area contributed by atoms with Crippen LogP contribution >= 0.6 is 15.9 Å². The average Bonchev–Trinajstić information content (AvgIpc) is 3.15. The van der Waals surface area contributed by atoms with Crippen molar-refractivity contribution in [1.29, 1.82) is 0 Å². The van der Waals surface area contributed by atoms with Crippen molar-refractivity contribution in [2.24, 2.45) is 0 Å². The molecule has 1 aromatic heterocycles. The number of methoxy groups -OCH3 is 2. The molecule has 0 spiro atoms. The molecule has 0 radical (unpaired) electrons. The second-order valence-electron chi connectivity index (χ2n) is 5.24. The number of carbonyl (C=O) groups excluding carboxylic acids is 1. The third kappa shape index (κ3) is 3.85. The van der Waals surface area contributed by atoms with Crippen LogP contribution < -0.4 is 14.8 Å². The smallest absolute Gasteiger partial charge is 0.252 e. The van der Waals surface area contributed by atoms with E-state index in [4.69, 9.17) is 14.0 Å². The Morgan fingerprint density at radius 1 is 1.15 bits per heavy atom. The SMILES string of the molecule is COc1ccc(-c2noc(CNC(=O)c3ccccc3Br)n2)cc1OC. The molecular weight excluding hydrogens is 402 g/mol. The van der Waals surface area contributed by atoms with E-state index in [9.17, 15) is 4.79 Å². The maximum Gasteiger partial charge on any atom is 0.252 e. The summed E-state index contributed by atoms with van der Waals surface area (Å²) in [6, 6.07) is 12.5. The van der Waals surface area contributed by atoms with Crippen LogP contribution in [0.2, 0.25) is 0 Å². The molecule has 3 rings (SSSR count). The van der Waals surface area contributed by atoms with Crippen molar-refractivity contribution in [3.8, 4) is 22.9 Å². The summed E-state index contributed by atoms with van der Waals surface area (Å²) in [5.41, 5.74) is 1.25. The summed E-state index contributed by atoms with van der Waals surface area (Å²) in [7, 11) is 3.12. The minimum atomic E-state index is -0.233. The lowest BCUT2D eigenvalue weighted by Gasteiger charge is -2.07. The van der Waals surface area contributed by atoms with Gasteiger partial charge in [0.1, 0.15) is 0 Å². The molecular formula is C18H16BrN3O4. The Morgan fingerprint density at radius 2 is 1.92 bits per heavy atom. The summed E-state index contributed by atoms with van der Waals surface area (Å²) in [4.78, 5) is 16.5. The van der Waals surface area contributed by atoms with E-state index in [1.165, 1.54) is 0 Å². The summed E-state index contributed by atoms with van der Waals surface area (Å²) < 4.78 is 16.4. The number of nitrogens with one attached hydrogen (secondary N) is 1. The molecule has 0 bridgehead atoms. The molecule has 7 nitrogen and oxygen atoms in total. The van der Waals surface area contributed by atoms with Gasteiger partial charge in [-0.15, -0.1) is 0 Å². The van der Waals surface area contributed by atoms with Gasteiger partial charge in [-0.3, -0.25) is 4.79 Å². The third-order valence-corrected chi connectivity index (χ3v) is 4.32. The Labute approximate surface area is 158 Å². The van der Waals surface area contributed by atoms with Gasteiger partial charge in [-0.25, -0.2) is 0 Å². The Hall–Kier alpha value is -2.87. The minimum Gasteiger partial charge on any atom is -0.493 e. The van der Waals surface area contributed by atoms with Crippen LogP contribution in [0.15, 0.2) is 51.5 Å². The molecule has 1 amide bonds. The van der Waals surface area contributed by atoms with Crippen LogP contribution in [0, 0.1) is 0 Å². The van der Waals surface area contributed by atoms with Gasteiger partial charge in [-0.1, -0.05) is 17.3 Å². The molecule has 134 valence electrons. The lowest BCUT2D eigenvalue weighted by atomic mass is 10.2. The molecule has 0 fully saturated rings. The number of halogens is 1. The first kappa shape index (κ1) is 17.9. The molecule has 8 heteroatoms. The van der Waals surface area contributed by atoms with Gasteiger partial charge in [0.05, 0.1) is 26.3 Å². The minimum absolute atomic E-state index is 0.125. The fraction of sp³-hybridized carbons (Fsp3) is 0.167. The van der Waals surface area contributed by atoms with Crippen molar-refractivity contribution in [3.63, 3.8) is 0 Å². The predicted octanol–water partition coefficient (Wildman–Crippen LogP) is 3.45. The van der Waals surface area contributed by atoms with E-state index in [-0.39, 0.29) is 12.5 Å². The highest BCUT2D eigenvalue weighted by atomic mass is 79.9. The van der Waals surface area contributed by atoms with E-state index >= 15 is 0 Å². The van der Waals surface area contributed by atoms with E-state index in [0.29, 0.717) is 33.3 Å². The van der Waals surface area contributed by atoms with E-state index in [1.54, 1.807) is 50.6 Å². The summed E-state index contributed by atoms with van der Waals surface area (Å²) in [6.07, 6.45) is 0. The highest BCUT2D eigenvalue weighted by Crippen LogP contribution is 2.31. The zero-order chi connectivity index (χ0) is 18.5. The number of aromatic nitrogens is 2. The van der Waals surface area contributed by atoms with Gasteiger partial charge in [0.25, 0.3) is 5.91 Å². The Balaban J connectivity index is 1.70. The Bertz CT molecular complexity index is 926. The van der Waals surface area contributed by atoms with Gasteiger partial charge in [-0.05, 0) is 46.3 Å². The highest BCUT2D eigenvalue weighted by Gasteiger charge is 2.14. The summed E-state index contributed by atoms with van der Waals surface area (Å²) in [6.45, 7) is 0.125. The fourth-order valence-corrected chi connectivity index (χ4v) is 2.78. The Morgan fingerprint density at radius 3 is 2.65 bits per heavy atom. The van der Waals surface area contributed by atoms with Crippen molar-refractivity contribution < 1.29 is 18.8 Å². The van der Waals surface area contributed by atoms with Crippen molar-refractivity contribution in [1.82, 2.24) is 15.5 Å². The lowest BCUT2D eigenvalue weighted by Crippen LogP contribution is -2.23. The van der Waals surface area contributed by atoms with Crippen LogP contribution in [0.3, 0.4) is 0 Å². The third-order valence-electron chi connectivity index (χ3n) is 3.63. The average molecular weight is 418 g/mol. The van der Waals surface area contributed by atoms with Gasteiger partial charge < -0.3 is 19.3 Å². The van der Waals surface area contributed by atoms with Crippen molar-refractivity contribution >= 4 is 21.8 Å². The first-order chi connectivity index (χ1) is 12.6. The maximum atomic E-state index is 12.2. The number of nitrogens with zero attached hydrogens (tertiary/aromatic N) is 2. The standard InChI is InChI=1S/C18H16BrN3O4/c1-24-14-8-7-11(9-15(14)25-2)17-21-16(26-22-17)10-20-18(23)12-5-3-4-6-13(12)19/h3-9H,10H2,1-2H3,(H,20,23).